The van der Waals surface area contributed by atoms with Crippen LogP contribution < -0.4 is 0 Å². The molecule has 3 heterocycles. The molecule has 0 spiro atoms. The Kier molecular flexibility index (Phi) is 3.90. The molecule has 0 aliphatic heterocycles. The number of fused-ring (bicyclic) bond motifs is 4. The third-order valence-electron chi connectivity index (χ3n) is 5.74. The summed E-state index contributed by atoms with van der Waals surface area (Å²) in [5.41, 5.74) is 5.71. The van der Waals surface area contributed by atoms with Crippen LogP contribution in [-0.2, 0) is 6.54 Å². The number of rotatable bonds is 3. The van der Waals surface area contributed by atoms with Crippen molar-refractivity contribution >= 4 is 27.5 Å². The highest BCUT2D eigenvalue weighted by Crippen LogP contribution is 2.31. The Morgan fingerprint density at radius 2 is 1.42 bits per heavy atom. The fourth-order valence-corrected chi connectivity index (χ4v) is 4.22. The number of para-hydroxylation sites is 1. The zero-order valence-corrected chi connectivity index (χ0v) is 16.5. The van der Waals surface area contributed by atoms with E-state index in [9.17, 15) is 8.78 Å². The van der Waals surface area contributed by atoms with E-state index < -0.39 is 0 Å². The largest absolute Gasteiger partial charge is 0.335 e. The predicted octanol–water partition coefficient (Wildman–Crippen LogP) is 6.44. The van der Waals surface area contributed by atoms with Gasteiger partial charge in [-0.3, -0.25) is 0 Å². The lowest BCUT2D eigenvalue weighted by Crippen LogP contribution is -2.00. The Bertz CT molecular complexity index is 1560. The van der Waals surface area contributed by atoms with Crippen LogP contribution in [0.15, 0.2) is 91.3 Å². The monoisotopic (exact) mass is 409 g/mol. The molecule has 0 aliphatic carbocycles. The first kappa shape index (κ1) is 17.8. The van der Waals surface area contributed by atoms with Crippen molar-refractivity contribution in [2.45, 2.75) is 6.54 Å². The van der Waals surface area contributed by atoms with Crippen molar-refractivity contribution in [1.29, 1.82) is 0 Å². The van der Waals surface area contributed by atoms with Crippen LogP contribution in [0.3, 0.4) is 0 Å². The molecular formula is C26H17F2N3. The van der Waals surface area contributed by atoms with Gasteiger partial charge in [-0.05, 0) is 54.1 Å². The van der Waals surface area contributed by atoms with Crippen LogP contribution in [-0.4, -0.2) is 14.0 Å². The van der Waals surface area contributed by atoms with Gasteiger partial charge in [0.15, 0.2) is 0 Å². The summed E-state index contributed by atoms with van der Waals surface area (Å²) >= 11 is 0. The molecule has 0 aliphatic rings. The standard InChI is InChI=1S/C26H17F2N3/c27-19-9-5-17(6-10-19)14-31-24-4-2-1-3-21(24)22-13-26-29-23(15-30(26)16-25(22)31)18-7-11-20(28)12-8-18/h1-13,15-16H,14H2. The molecule has 0 atom stereocenters. The van der Waals surface area contributed by atoms with Crippen molar-refractivity contribution < 1.29 is 8.78 Å². The lowest BCUT2D eigenvalue weighted by molar-refractivity contribution is 0.626. The molecule has 31 heavy (non-hydrogen) atoms. The molecule has 5 heteroatoms. The van der Waals surface area contributed by atoms with Gasteiger partial charge in [0.1, 0.15) is 17.3 Å². The zero-order chi connectivity index (χ0) is 20.9. The van der Waals surface area contributed by atoms with Crippen LogP contribution in [0.25, 0.3) is 38.7 Å². The average Bonchev–Trinajstić information content (AvgIpc) is 3.33. The smallest absolute Gasteiger partial charge is 0.138 e. The van der Waals surface area contributed by atoms with Gasteiger partial charge in [0, 0.05) is 40.8 Å². The summed E-state index contributed by atoms with van der Waals surface area (Å²) in [6.07, 6.45) is 4.04. The van der Waals surface area contributed by atoms with Gasteiger partial charge in [-0.1, -0.05) is 30.3 Å². The summed E-state index contributed by atoms with van der Waals surface area (Å²) in [7, 11) is 0. The molecule has 6 rings (SSSR count). The van der Waals surface area contributed by atoms with Gasteiger partial charge in [-0.15, -0.1) is 0 Å². The lowest BCUT2D eigenvalue weighted by Gasteiger charge is -2.08. The summed E-state index contributed by atoms with van der Waals surface area (Å²) in [4.78, 5) is 4.76. The second-order valence-electron chi connectivity index (χ2n) is 7.70. The van der Waals surface area contributed by atoms with Gasteiger partial charge >= 0.3 is 0 Å². The quantitative estimate of drug-likeness (QED) is 0.330. The van der Waals surface area contributed by atoms with E-state index in [-0.39, 0.29) is 11.6 Å². The Balaban J connectivity index is 1.56. The maximum Gasteiger partial charge on any atom is 0.138 e. The summed E-state index contributed by atoms with van der Waals surface area (Å²) in [6.45, 7) is 0.634. The Morgan fingerprint density at radius 1 is 0.710 bits per heavy atom. The Morgan fingerprint density at radius 3 is 2.19 bits per heavy atom. The van der Waals surface area contributed by atoms with Crippen molar-refractivity contribution in [3.63, 3.8) is 0 Å². The van der Waals surface area contributed by atoms with E-state index in [0.29, 0.717) is 6.54 Å². The van der Waals surface area contributed by atoms with Crippen LogP contribution in [0.4, 0.5) is 8.78 Å². The molecule has 0 saturated carbocycles. The minimum absolute atomic E-state index is 0.237. The number of benzene rings is 3. The first-order chi connectivity index (χ1) is 15.2. The fourth-order valence-electron chi connectivity index (χ4n) is 4.22. The topological polar surface area (TPSA) is 22.2 Å². The van der Waals surface area contributed by atoms with Gasteiger partial charge < -0.3 is 8.97 Å². The SMILES string of the molecule is Fc1ccc(Cn2c3ccccc3c3cc4nc(-c5ccc(F)cc5)cn4cc32)cc1. The molecule has 3 aromatic heterocycles. The summed E-state index contributed by atoms with van der Waals surface area (Å²) < 4.78 is 30.9. The normalized spacial score (nSPS) is 11.7. The third kappa shape index (κ3) is 2.97. The molecule has 3 nitrogen and oxygen atoms in total. The van der Waals surface area contributed by atoms with E-state index >= 15 is 0 Å². The van der Waals surface area contributed by atoms with E-state index in [1.165, 1.54) is 24.3 Å². The molecule has 6 aromatic rings. The highest BCUT2D eigenvalue weighted by atomic mass is 19.1. The molecule has 150 valence electrons. The van der Waals surface area contributed by atoms with Gasteiger partial charge in [0.05, 0.1) is 11.2 Å². The lowest BCUT2D eigenvalue weighted by atomic mass is 10.2. The van der Waals surface area contributed by atoms with Gasteiger partial charge in [-0.25, -0.2) is 13.8 Å². The molecule has 0 saturated heterocycles. The first-order valence-corrected chi connectivity index (χ1v) is 10.1. The Hall–Kier alpha value is -3.99. The zero-order valence-electron chi connectivity index (χ0n) is 16.5. The van der Waals surface area contributed by atoms with E-state index in [4.69, 9.17) is 4.98 Å². The van der Waals surface area contributed by atoms with Crippen LogP contribution in [0.1, 0.15) is 5.56 Å². The van der Waals surface area contributed by atoms with Gasteiger partial charge in [0.2, 0.25) is 0 Å². The van der Waals surface area contributed by atoms with Crippen LogP contribution >= 0.6 is 0 Å². The molecule has 0 fully saturated rings. The molecular weight excluding hydrogens is 392 g/mol. The van der Waals surface area contributed by atoms with Crippen LogP contribution in [0, 0.1) is 11.6 Å². The van der Waals surface area contributed by atoms with Gasteiger partial charge in [0.25, 0.3) is 0 Å². The van der Waals surface area contributed by atoms with Crippen LogP contribution in [0.2, 0.25) is 0 Å². The minimum Gasteiger partial charge on any atom is -0.335 e. The second-order valence-corrected chi connectivity index (χ2v) is 7.70. The summed E-state index contributed by atoms with van der Waals surface area (Å²) in [5.74, 6) is -0.501. The maximum atomic E-state index is 13.4. The van der Waals surface area contributed by atoms with Gasteiger partial charge in [-0.2, -0.15) is 0 Å². The number of nitrogens with zero attached hydrogens (tertiary/aromatic N) is 3. The summed E-state index contributed by atoms with van der Waals surface area (Å²) in [5, 5.41) is 2.26. The van der Waals surface area contributed by atoms with Crippen LogP contribution in [0.5, 0.6) is 0 Å². The molecule has 0 N–H and O–H groups in total. The average molecular weight is 409 g/mol. The highest BCUT2D eigenvalue weighted by Gasteiger charge is 2.14. The maximum absolute atomic E-state index is 13.4. The molecule has 0 bridgehead atoms. The highest BCUT2D eigenvalue weighted by molar-refractivity contribution is 6.09. The predicted molar refractivity (Wildman–Crippen MR) is 119 cm³/mol. The van der Waals surface area contributed by atoms with Crippen molar-refractivity contribution in [1.82, 2.24) is 14.0 Å². The second kappa shape index (κ2) is 6.77. The number of halogens is 2. The van der Waals surface area contributed by atoms with E-state index in [1.54, 1.807) is 12.1 Å². The van der Waals surface area contributed by atoms with E-state index in [1.807, 2.05) is 34.9 Å². The number of hydrogen-bond donors (Lipinski definition) is 0. The number of aromatic nitrogens is 3. The molecule has 0 radical (unpaired) electrons. The van der Waals surface area contributed by atoms with E-state index in [2.05, 4.69) is 29.0 Å². The van der Waals surface area contributed by atoms with Crippen molar-refractivity contribution in [3.8, 4) is 11.3 Å². The minimum atomic E-state index is -0.264. The third-order valence-corrected chi connectivity index (χ3v) is 5.74. The first-order valence-electron chi connectivity index (χ1n) is 10.1. The summed E-state index contributed by atoms with van der Waals surface area (Å²) in [6, 6.07) is 23.3. The van der Waals surface area contributed by atoms with E-state index in [0.717, 1.165) is 44.3 Å². The van der Waals surface area contributed by atoms with Crippen molar-refractivity contribution in [2.24, 2.45) is 0 Å². The number of hydrogen-bond acceptors (Lipinski definition) is 1. The van der Waals surface area contributed by atoms with Crippen molar-refractivity contribution in [3.05, 3.63) is 108 Å². The number of pyridine rings is 1. The molecule has 0 amide bonds. The Labute approximate surface area is 176 Å². The molecule has 3 aromatic carbocycles. The fraction of sp³-hybridized carbons (Fsp3) is 0.0385. The van der Waals surface area contributed by atoms with Crippen molar-refractivity contribution in [2.75, 3.05) is 0 Å². The molecule has 0 unspecified atom stereocenters. The number of imidazole rings is 1.